The maximum Gasteiger partial charge on any atom is 0.208 e. The number of nitrogens with one attached hydrogen (secondary N) is 2. The predicted molar refractivity (Wildman–Crippen MR) is 131 cm³/mol. The van der Waals surface area contributed by atoms with Gasteiger partial charge in [0.25, 0.3) is 0 Å². The Hall–Kier alpha value is -1.81. The Morgan fingerprint density at radius 3 is 2.67 bits per heavy atom. The average molecular weight is 527 g/mol. The number of aromatic nitrogens is 1. The minimum absolute atomic E-state index is 0. The molecule has 0 spiro atoms. The van der Waals surface area contributed by atoms with Gasteiger partial charge in [0.15, 0.2) is 5.96 Å². The lowest BCUT2D eigenvalue weighted by Gasteiger charge is -2.31. The second-order valence-electron chi connectivity index (χ2n) is 7.63. The lowest BCUT2D eigenvalue weighted by Crippen LogP contribution is -2.42. The number of ether oxygens (including phenoxy) is 1. The number of guanidine groups is 1. The number of rotatable bonds is 7. The molecule has 1 aliphatic heterocycles. The van der Waals surface area contributed by atoms with Crippen LogP contribution in [0.3, 0.4) is 0 Å². The van der Waals surface area contributed by atoms with Crippen LogP contribution in [0.15, 0.2) is 33.7 Å². The summed E-state index contributed by atoms with van der Waals surface area (Å²) in [6, 6.07) is 8.07. The molecule has 2 aromatic rings. The Morgan fingerprint density at radius 2 is 2.03 bits per heavy atom. The smallest absolute Gasteiger partial charge is 0.208 e. The highest BCUT2D eigenvalue weighted by atomic mass is 127. The van der Waals surface area contributed by atoms with Crippen LogP contribution in [0, 0.1) is 19.8 Å². The van der Waals surface area contributed by atoms with E-state index in [-0.39, 0.29) is 24.0 Å². The maximum absolute atomic E-state index is 5.72. The summed E-state index contributed by atoms with van der Waals surface area (Å²) in [6.07, 6.45) is 2.33. The highest BCUT2D eigenvalue weighted by Crippen LogP contribution is 2.19. The van der Waals surface area contributed by atoms with E-state index in [9.17, 15) is 0 Å². The number of piperidine rings is 1. The van der Waals surface area contributed by atoms with E-state index in [4.69, 9.17) is 9.15 Å². The predicted octanol–water partition coefficient (Wildman–Crippen LogP) is 3.50. The number of aryl methyl sites for hydroxylation is 2. The molecule has 166 valence electrons. The van der Waals surface area contributed by atoms with Crippen molar-refractivity contribution in [2.75, 3.05) is 33.8 Å². The summed E-state index contributed by atoms with van der Waals surface area (Å²) in [5.74, 6) is 4.11. The number of likely N-dealkylation sites (tertiary alicyclic amines) is 1. The standard InChI is InChI=1S/C22H33N5O2.HI/c1-16-17(2)29-21(26-16)15-27-10-8-18(9-11-27)13-24-22(23-3)25-14-19-6-5-7-20(12-19)28-4;/h5-7,12,18H,8-11,13-15H2,1-4H3,(H2,23,24,25);1H. The quantitative estimate of drug-likeness (QED) is 0.326. The Labute approximate surface area is 196 Å². The molecule has 0 bridgehead atoms. The van der Waals surface area contributed by atoms with E-state index < -0.39 is 0 Å². The van der Waals surface area contributed by atoms with Crippen molar-refractivity contribution in [3.63, 3.8) is 0 Å². The van der Waals surface area contributed by atoms with Crippen LogP contribution >= 0.6 is 24.0 Å². The normalized spacial score (nSPS) is 15.5. The van der Waals surface area contributed by atoms with Crippen molar-refractivity contribution in [3.8, 4) is 5.75 Å². The van der Waals surface area contributed by atoms with Gasteiger partial charge >= 0.3 is 0 Å². The molecule has 1 aliphatic rings. The third-order valence-electron chi connectivity index (χ3n) is 5.51. The molecule has 2 heterocycles. The number of oxazole rings is 1. The van der Waals surface area contributed by atoms with Crippen LogP contribution < -0.4 is 15.4 Å². The van der Waals surface area contributed by atoms with E-state index >= 15 is 0 Å². The number of hydrogen-bond acceptors (Lipinski definition) is 5. The van der Waals surface area contributed by atoms with Gasteiger partial charge in [-0.25, -0.2) is 4.98 Å². The first-order valence-corrected chi connectivity index (χ1v) is 10.3. The van der Waals surface area contributed by atoms with Crippen LogP contribution in [0.25, 0.3) is 0 Å². The zero-order valence-electron chi connectivity index (χ0n) is 18.4. The van der Waals surface area contributed by atoms with Crippen LogP contribution in [0.1, 0.15) is 35.7 Å². The lowest BCUT2D eigenvalue weighted by molar-refractivity contribution is 0.164. The van der Waals surface area contributed by atoms with Gasteiger partial charge in [-0.3, -0.25) is 9.89 Å². The number of halogens is 1. The maximum atomic E-state index is 5.72. The van der Waals surface area contributed by atoms with Crippen molar-refractivity contribution in [2.24, 2.45) is 10.9 Å². The van der Waals surface area contributed by atoms with Gasteiger partial charge in [-0.2, -0.15) is 0 Å². The monoisotopic (exact) mass is 527 g/mol. The van der Waals surface area contributed by atoms with E-state index in [0.29, 0.717) is 12.5 Å². The zero-order valence-corrected chi connectivity index (χ0v) is 20.7. The fourth-order valence-electron chi connectivity index (χ4n) is 3.58. The molecule has 7 nitrogen and oxygen atoms in total. The van der Waals surface area contributed by atoms with E-state index in [1.807, 2.05) is 39.1 Å². The fraction of sp³-hybridized carbons (Fsp3) is 0.545. The molecule has 0 radical (unpaired) electrons. The van der Waals surface area contributed by atoms with Gasteiger partial charge in [0, 0.05) is 20.1 Å². The molecule has 3 rings (SSSR count). The topological polar surface area (TPSA) is 74.9 Å². The molecule has 1 fully saturated rings. The van der Waals surface area contributed by atoms with Crippen LogP contribution in [-0.4, -0.2) is 49.6 Å². The Bertz CT molecular complexity index is 796. The van der Waals surface area contributed by atoms with Crippen molar-refractivity contribution in [1.82, 2.24) is 20.5 Å². The molecule has 0 amide bonds. The largest absolute Gasteiger partial charge is 0.497 e. The summed E-state index contributed by atoms with van der Waals surface area (Å²) in [5, 5.41) is 6.85. The summed E-state index contributed by atoms with van der Waals surface area (Å²) in [7, 11) is 3.50. The Kier molecular flexibility index (Phi) is 9.90. The number of methoxy groups -OCH3 is 1. The van der Waals surface area contributed by atoms with Crippen LogP contribution in [0.5, 0.6) is 5.75 Å². The molecular weight excluding hydrogens is 493 g/mol. The minimum atomic E-state index is 0. The first-order chi connectivity index (χ1) is 14.1. The minimum Gasteiger partial charge on any atom is -0.497 e. The van der Waals surface area contributed by atoms with Crippen LogP contribution in [-0.2, 0) is 13.1 Å². The molecule has 1 aromatic heterocycles. The summed E-state index contributed by atoms with van der Waals surface area (Å²) in [6.45, 7) is 8.56. The molecule has 0 atom stereocenters. The molecule has 2 N–H and O–H groups in total. The molecule has 1 saturated heterocycles. The second-order valence-corrected chi connectivity index (χ2v) is 7.63. The van der Waals surface area contributed by atoms with Crippen LogP contribution in [0.4, 0.5) is 0 Å². The van der Waals surface area contributed by atoms with E-state index in [1.165, 1.54) is 12.8 Å². The van der Waals surface area contributed by atoms with Crippen molar-refractivity contribution in [1.29, 1.82) is 0 Å². The third kappa shape index (κ3) is 7.16. The van der Waals surface area contributed by atoms with E-state index in [0.717, 1.165) is 60.8 Å². The number of aliphatic imine (C=N–C) groups is 1. The molecule has 1 aromatic carbocycles. The number of nitrogens with zero attached hydrogens (tertiary/aromatic N) is 3. The van der Waals surface area contributed by atoms with Gasteiger partial charge in [-0.05, 0) is 63.4 Å². The SMILES string of the molecule is CN=C(NCc1cccc(OC)c1)NCC1CCN(Cc2nc(C)c(C)o2)CC1.I. The van der Waals surface area contributed by atoms with Gasteiger partial charge in [-0.15, -0.1) is 24.0 Å². The Balaban J connectivity index is 0.00000320. The van der Waals surface area contributed by atoms with Gasteiger partial charge in [-0.1, -0.05) is 12.1 Å². The van der Waals surface area contributed by atoms with Crippen molar-refractivity contribution in [2.45, 2.75) is 39.8 Å². The molecule has 30 heavy (non-hydrogen) atoms. The highest BCUT2D eigenvalue weighted by molar-refractivity contribution is 14.0. The van der Waals surface area contributed by atoms with Gasteiger partial charge < -0.3 is 19.8 Å². The number of benzene rings is 1. The first kappa shape index (κ1) is 24.5. The molecule has 0 unspecified atom stereocenters. The summed E-state index contributed by atoms with van der Waals surface area (Å²) in [5.41, 5.74) is 2.16. The number of hydrogen-bond donors (Lipinski definition) is 2. The van der Waals surface area contributed by atoms with Crippen molar-refractivity contribution < 1.29 is 9.15 Å². The lowest BCUT2D eigenvalue weighted by atomic mass is 9.97. The second kappa shape index (κ2) is 12.1. The Morgan fingerprint density at radius 1 is 1.27 bits per heavy atom. The summed E-state index contributed by atoms with van der Waals surface area (Å²) in [4.78, 5) is 11.3. The van der Waals surface area contributed by atoms with Gasteiger partial charge in [0.2, 0.25) is 5.89 Å². The average Bonchev–Trinajstić information content (AvgIpc) is 3.06. The van der Waals surface area contributed by atoms with E-state index in [2.05, 4.69) is 31.6 Å². The fourth-order valence-corrected chi connectivity index (χ4v) is 3.58. The first-order valence-electron chi connectivity index (χ1n) is 10.3. The summed E-state index contributed by atoms with van der Waals surface area (Å²) < 4.78 is 11.0. The third-order valence-corrected chi connectivity index (χ3v) is 5.51. The summed E-state index contributed by atoms with van der Waals surface area (Å²) >= 11 is 0. The zero-order chi connectivity index (χ0) is 20.6. The van der Waals surface area contributed by atoms with Crippen molar-refractivity contribution >= 4 is 29.9 Å². The van der Waals surface area contributed by atoms with Gasteiger partial charge in [0.05, 0.1) is 19.3 Å². The van der Waals surface area contributed by atoms with Crippen LogP contribution in [0.2, 0.25) is 0 Å². The van der Waals surface area contributed by atoms with Crippen molar-refractivity contribution in [3.05, 3.63) is 47.2 Å². The molecular formula is C22H34IN5O2. The van der Waals surface area contributed by atoms with Gasteiger partial charge in [0.1, 0.15) is 11.5 Å². The molecule has 8 heteroatoms. The highest BCUT2D eigenvalue weighted by Gasteiger charge is 2.21. The van der Waals surface area contributed by atoms with E-state index in [1.54, 1.807) is 7.11 Å². The molecule has 0 aliphatic carbocycles. The molecule has 0 saturated carbocycles.